The molecule has 7 heteroatoms. The molecule has 1 amide bonds. The summed E-state index contributed by atoms with van der Waals surface area (Å²) in [5.74, 6) is -2.62. The Morgan fingerprint density at radius 3 is 2.20 bits per heavy atom. The van der Waals surface area contributed by atoms with Gasteiger partial charge in [-0.15, -0.1) is 0 Å². The van der Waals surface area contributed by atoms with Crippen molar-refractivity contribution in [1.82, 2.24) is 5.32 Å². The quantitative estimate of drug-likeness (QED) is 0.702. The second-order valence-electron chi connectivity index (χ2n) is 6.15. The van der Waals surface area contributed by atoms with Crippen LogP contribution in [0.5, 0.6) is 0 Å². The Hall–Kier alpha value is -1.11. The van der Waals surface area contributed by atoms with Crippen LogP contribution in [-0.2, 0) is 19.4 Å². The van der Waals surface area contributed by atoms with Gasteiger partial charge in [-0.2, -0.15) is 0 Å². The molecule has 0 heterocycles. The molecule has 0 aromatic rings. The number of carboxylic acids is 1. The molecule has 6 nitrogen and oxygen atoms in total. The van der Waals surface area contributed by atoms with Gasteiger partial charge in [-0.3, -0.25) is 4.79 Å². The molecule has 0 aromatic heterocycles. The van der Waals surface area contributed by atoms with Crippen LogP contribution >= 0.6 is 0 Å². The van der Waals surface area contributed by atoms with E-state index in [0.29, 0.717) is 12.8 Å². The molecule has 0 rings (SSSR count). The van der Waals surface area contributed by atoms with E-state index in [1.807, 2.05) is 20.8 Å². The first-order valence-electron chi connectivity index (χ1n) is 6.69. The lowest BCUT2D eigenvalue weighted by Gasteiger charge is -2.21. The van der Waals surface area contributed by atoms with Crippen molar-refractivity contribution in [3.63, 3.8) is 0 Å². The molecule has 0 saturated heterocycles. The average molecular weight is 307 g/mol. The molecule has 0 saturated carbocycles. The molecule has 1 atom stereocenters. The van der Waals surface area contributed by atoms with Crippen molar-refractivity contribution in [2.24, 2.45) is 5.41 Å². The van der Waals surface area contributed by atoms with E-state index in [1.54, 1.807) is 6.92 Å². The van der Waals surface area contributed by atoms with Crippen LogP contribution < -0.4 is 5.32 Å². The van der Waals surface area contributed by atoms with Crippen molar-refractivity contribution in [3.8, 4) is 0 Å². The molecular formula is C13H25NO5S. The van der Waals surface area contributed by atoms with Gasteiger partial charge in [0.25, 0.3) is 0 Å². The van der Waals surface area contributed by atoms with E-state index in [2.05, 4.69) is 5.32 Å². The lowest BCUT2D eigenvalue weighted by atomic mass is 9.88. The minimum atomic E-state index is -3.45. The van der Waals surface area contributed by atoms with Gasteiger partial charge in [0.05, 0.1) is 5.75 Å². The third-order valence-corrected chi connectivity index (χ3v) is 4.41. The largest absolute Gasteiger partial charge is 0.480 e. The zero-order valence-electron chi connectivity index (χ0n) is 12.6. The molecule has 20 heavy (non-hydrogen) atoms. The highest BCUT2D eigenvalue weighted by Gasteiger charge is 2.24. The van der Waals surface area contributed by atoms with Gasteiger partial charge in [0.2, 0.25) is 5.91 Å². The third-order valence-electron chi connectivity index (χ3n) is 2.68. The van der Waals surface area contributed by atoms with Gasteiger partial charge in [-0.25, -0.2) is 13.2 Å². The lowest BCUT2D eigenvalue weighted by Crippen LogP contribution is -2.44. The molecule has 118 valence electrons. The molecule has 2 N–H and O–H groups in total. The molecule has 0 aliphatic rings. The first kappa shape index (κ1) is 18.9. The van der Waals surface area contributed by atoms with Crippen LogP contribution in [-0.4, -0.2) is 42.9 Å². The zero-order valence-corrected chi connectivity index (χ0v) is 13.4. The lowest BCUT2D eigenvalue weighted by molar-refractivity contribution is -0.141. The maximum atomic E-state index is 11.6. The number of aliphatic carboxylic acids is 1. The van der Waals surface area contributed by atoms with Gasteiger partial charge >= 0.3 is 5.97 Å². The Labute approximate surface area is 120 Å². The van der Waals surface area contributed by atoms with Crippen molar-refractivity contribution in [2.75, 3.05) is 11.5 Å². The number of carboxylic acid groups (broad SMARTS) is 1. The van der Waals surface area contributed by atoms with Crippen LogP contribution in [0.3, 0.4) is 0 Å². The van der Waals surface area contributed by atoms with Gasteiger partial charge in [-0.05, 0) is 24.7 Å². The zero-order chi connectivity index (χ0) is 16.0. The van der Waals surface area contributed by atoms with Gasteiger partial charge in [0.1, 0.15) is 11.8 Å². The van der Waals surface area contributed by atoms with Crippen molar-refractivity contribution >= 4 is 21.7 Å². The van der Waals surface area contributed by atoms with E-state index in [4.69, 9.17) is 5.11 Å². The van der Waals surface area contributed by atoms with E-state index in [9.17, 15) is 18.0 Å². The number of rotatable bonds is 8. The summed E-state index contributed by atoms with van der Waals surface area (Å²) in [6.07, 6.45) is 1.33. The summed E-state index contributed by atoms with van der Waals surface area (Å²) in [5.41, 5.74) is -0.0489. The fourth-order valence-corrected chi connectivity index (χ4v) is 2.90. The predicted molar refractivity (Wildman–Crippen MR) is 77.2 cm³/mol. The van der Waals surface area contributed by atoms with E-state index >= 15 is 0 Å². The molecule has 0 aliphatic carbocycles. The fraction of sp³-hybridized carbons (Fsp3) is 0.846. The number of amides is 1. The number of nitrogens with one attached hydrogen (secondary N) is 1. The van der Waals surface area contributed by atoms with E-state index in [1.165, 1.54) is 0 Å². The normalized spacial score (nSPS) is 13.8. The Bertz CT molecular complexity index is 436. The molecular weight excluding hydrogens is 282 g/mol. The molecule has 0 aliphatic heterocycles. The average Bonchev–Trinajstić information content (AvgIpc) is 2.21. The molecule has 0 radical (unpaired) electrons. The van der Waals surface area contributed by atoms with Crippen LogP contribution in [0.1, 0.15) is 47.0 Å². The second-order valence-corrected chi connectivity index (χ2v) is 8.33. The maximum absolute atomic E-state index is 11.6. The summed E-state index contributed by atoms with van der Waals surface area (Å²) < 4.78 is 23.0. The molecule has 1 unspecified atom stereocenters. The van der Waals surface area contributed by atoms with Crippen molar-refractivity contribution in [2.45, 2.75) is 53.0 Å². The first-order chi connectivity index (χ1) is 8.97. The van der Waals surface area contributed by atoms with Gasteiger partial charge in [-0.1, -0.05) is 27.7 Å². The maximum Gasteiger partial charge on any atom is 0.326 e. The Morgan fingerprint density at radius 2 is 1.80 bits per heavy atom. The summed E-state index contributed by atoms with van der Waals surface area (Å²) in [7, 11) is -3.45. The number of hydrogen-bond acceptors (Lipinski definition) is 4. The van der Waals surface area contributed by atoms with Gasteiger partial charge in [0.15, 0.2) is 9.84 Å². The number of sulfone groups is 1. The highest BCUT2D eigenvalue weighted by Crippen LogP contribution is 2.21. The Morgan fingerprint density at radius 1 is 1.25 bits per heavy atom. The summed E-state index contributed by atoms with van der Waals surface area (Å²) in [4.78, 5) is 22.7. The van der Waals surface area contributed by atoms with E-state index < -0.39 is 33.5 Å². The van der Waals surface area contributed by atoms with Crippen molar-refractivity contribution in [3.05, 3.63) is 0 Å². The molecule has 0 spiro atoms. The van der Waals surface area contributed by atoms with E-state index in [-0.39, 0.29) is 17.6 Å². The minimum Gasteiger partial charge on any atom is -0.480 e. The van der Waals surface area contributed by atoms with Gasteiger partial charge < -0.3 is 10.4 Å². The summed E-state index contributed by atoms with van der Waals surface area (Å²) >= 11 is 0. The number of carbonyl (C=O) groups is 2. The minimum absolute atomic E-state index is 0.0489. The van der Waals surface area contributed by atoms with Crippen LogP contribution in [0.25, 0.3) is 0 Å². The monoisotopic (exact) mass is 307 g/mol. The van der Waals surface area contributed by atoms with Crippen LogP contribution in [0.2, 0.25) is 0 Å². The predicted octanol–water partition coefficient (Wildman–Crippen LogP) is 1.21. The fourth-order valence-electron chi connectivity index (χ4n) is 1.65. The second kappa shape index (κ2) is 7.61. The van der Waals surface area contributed by atoms with Crippen LogP contribution in [0.4, 0.5) is 0 Å². The smallest absolute Gasteiger partial charge is 0.326 e. The highest BCUT2D eigenvalue weighted by molar-refractivity contribution is 7.92. The molecule has 0 fully saturated rings. The topological polar surface area (TPSA) is 101 Å². The Kier molecular flexibility index (Phi) is 7.19. The Balaban J connectivity index is 4.53. The van der Waals surface area contributed by atoms with Gasteiger partial charge in [0, 0.05) is 0 Å². The van der Waals surface area contributed by atoms with E-state index in [0.717, 1.165) is 0 Å². The third kappa shape index (κ3) is 8.90. The highest BCUT2D eigenvalue weighted by atomic mass is 32.2. The molecule has 0 aromatic carbocycles. The standard InChI is InChI=1S/C13H25NO5S/c1-5-8-20(18,19)9-11(15)14-10(12(16)17)6-7-13(2,3)4/h10H,5-9H2,1-4H3,(H,14,15)(H,16,17). The summed E-state index contributed by atoms with van der Waals surface area (Å²) in [6, 6.07) is -1.04. The molecule has 0 bridgehead atoms. The van der Waals surface area contributed by atoms with Crippen molar-refractivity contribution < 1.29 is 23.1 Å². The number of carbonyl (C=O) groups excluding carboxylic acids is 1. The SMILES string of the molecule is CCCS(=O)(=O)CC(=O)NC(CCC(C)(C)C)C(=O)O. The first-order valence-corrected chi connectivity index (χ1v) is 8.51. The van der Waals surface area contributed by atoms with Crippen LogP contribution in [0, 0.1) is 5.41 Å². The summed E-state index contributed by atoms with van der Waals surface area (Å²) in [6.45, 7) is 7.62. The summed E-state index contributed by atoms with van der Waals surface area (Å²) in [5, 5.41) is 11.3. The van der Waals surface area contributed by atoms with Crippen molar-refractivity contribution in [1.29, 1.82) is 0 Å². The van der Waals surface area contributed by atoms with Crippen LogP contribution in [0.15, 0.2) is 0 Å². The number of hydrogen-bond donors (Lipinski definition) is 2.